The predicted molar refractivity (Wildman–Crippen MR) is 102 cm³/mol. The second kappa shape index (κ2) is 7.41. The minimum atomic E-state index is -0.875. The lowest BCUT2D eigenvalue weighted by Crippen LogP contribution is -2.54. The molecule has 0 unspecified atom stereocenters. The lowest BCUT2D eigenvalue weighted by Gasteiger charge is -2.31. The molecule has 0 bridgehead atoms. The van der Waals surface area contributed by atoms with Crippen molar-refractivity contribution in [1.29, 1.82) is 0 Å². The van der Waals surface area contributed by atoms with Crippen LogP contribution in [0.25, 0.3) is 22.6 Å². The number of nitrogens with two attached hydrogens (primary N) is 1. The Bertz CT molecular complexity index is 906. The second-order valence-corrected chi connectivity index (χ2v) is 6.25. The Kier molecular flexibility index (Phi) is 5.22. The van der Waals surface area contributed by atoms with Crippen LogP contribution >= 0.6 is 12.4 Å². The normalized spacial score (nSPS) is 16.0. The van der Waals surface area contributed by atoms with E-state index in [4.69, 9.17) is 10.5 Å². The number of aromatic nitrogens is 3. The Morgan fingerprint density at radius 3 is 2.77 bits per heavy atom. The maximum Gasteiger partial charge on any atom is 0.244 e. The molecule has 0 saturated carbocycles. The minimum absolute atomic E-state index is 0. The lowest BCUT2D eigenvalue weighted by molar-refractivity contribution is -0.124. The molecule has 8 heteroatoms. The summed E-state index contributed by atoms with van der Waals surface area (Å²) in [6, 6.07) is 11.2. The zero-order valence-electron chi connectivity index (χ0n) is 14.1. The van der Waals surface area contributed by atoms with E-state index in [0.717, 1.165) is 16.7 Å². The van der Waals surface area contributed by atoms with Crippen molar-refractivity contribution in [1.82, 2.24) is 15.0 Å². The average molecular weight is 374 g/mol. The van der Waals surface area contributed by atoms with Crippen LogP contribution in [0.3, 0.4) is 0 Å². The van der Waals surface area contributed by atoms with Crippen LogP contribution in [0.4, 0.5) is 5.69 Å². The zero-order valence-corrected chi connectivity index (χ0v) is 14.9. The van der Waals surface area contributed by atoms with Gasteiger partial charge in [-0.25, -0.2) is 4.98 Å². The van der Waals surface area contributed by atoms with Gasteiger partial charge in [-0.2, -0.15) is 0 Å². The molecule has 3 heterocycles. The molecule has 1 aliphatic heterocycles. The molecule has 4 rings (SSSR count). The Labute approximate surface area is 156 Å². The highest BCUT2D eigenvalue weighted by molar-refractivity contribution is 5.99. The molecule has 4 N–H and O–H groups in total. The maximum atomic E-state index is 12.5. The summed E-state index contributed by atoms with van der Waals surface area (Å²) in [4.78, 5) is 24.6. The molecule has 3 aromatic rings. The van der Waals surface area contributed by atoms with Crippen molar-refractivity contribution >= 4 is 35.0 Å². The Hall–Kier alpha value is -2.48. The lowest BCUT2D eigenvalue weighted by atomic mass is 9.90. The third-order valence-corrected chi connectivity index (χ3v) is 4.48. The summed E-state index contributed by atoms with van der Waals surface area (Å²) in [5, 5.41) is 2.91. The minimum Gasteiger partial charge on any atom is -0.381 e. The standard InChI is InChI=1S/C18H19N5O2.ClH/c19-18(6-9-25-10-7-18)17(24)21-12-4-5-13-15(11-12)23-16(22-13)14-3-1-2-8-20-14;/h1-5,8,11H,6-7,9-10,19H2,(H,21,24)(H,22,23);1H. The van der Waals surface area contributed by atoms with Crippen LogP contribution in [0.5, 0.6) is 0 Å². The monoisotopic (exact) mass is 373 g/mol. The second-order valence-electron chi connectivity index (χ2n) is 6.25. The zero-order chi connectivity index (χ0) is 17.3. The Balaban J connectivity index is 0.00000196. The van der Waals surface area contributed by atoms with E-state index in [-0.39, 0.29) is 18.3 Å². The van der Waals surface area contributed by atoms with Crippen LogP contribution in [0, 0.1) is 0 Å². The summed E-state index contributed by atoms with van der Waals surface area (Å²) in [5.74, 6) is 0.512. The van der Waals surface area contributed by atoms with Crippen molar-refractivity contribution in [3.63, 3.8) is 0 Å². The Morgan fingerprint density at radius 1 is 1.23 bits per heavy atom. The highest BCUT2D eigenvalue weighted by Gasteiger charge is 2.35. The van der Waals surface area contributed by atoms with E-state index < -0.39 is 5.54 Å². The fourth-order valence-electron chi connectivity index (χ4n) is 2.93. The largest absolute Gasteiger partial charge is 0.381 e. The molecular formula is C18H20ClN5O2. The number of nitrogens with one attached hydrogen (secondary N) is 2. The van der Waals surface area contributed by atoms with Crippen molar-refractivity contribution in [2.75, 3.05) is 18.5 Å². The van der Waals surface area contributed by atoms with Crippen molar-refractivity contribution in [2.24, 2.45) is 5.73 Å². The summed E-state index contributed by atoms with van der Waals surface area (Å²) in [5.41, 5.74) is 8.45. The quantitative estimate of drug-likeness (QED) is 0.654. The number of H-pyrrole nitrogens is 1. The van der Waals surface area contributed by atoms with Crippen LogP contribution in [0.1, 0.15) is 12.8 Å². The van der Waals surface area contributed by atoms with E-state index in [1.807, 2.05) is 36.4 Å². The molecular weight excluding hydrogens is 354 g/mol. The number of pyridine rings is 1. The highest BCUT2D eigenvalue weighted by Crippen LogP contribution is 2.24. The van der Waals surface area contributed by atoms with Crippen LogP contribution in [0.2, 0.25) is 0 Å². The number of ether oxygens (including phenoxy) is 1. The SMILES string of the molecule is Cl.NC1(C(=O)Nc2ccc3nc(-c4ccccn4)[nH]c3c2)CCOCC1. The van der Waals surface area contributed by atoms with Crippen LogP contribution in [-0.4, -0.2) is 39.6 Å². The van der Waals surface area contributed by atoms with Gasteiger partial charge in [0, 0.05) is 25.1 Å². The molecule has 0 radical (unpaired) electrons. The van der Waals surface area contributed by atoms with Gasteiger partial charge in [-0.15, -0.1) is 12.4 Å². The fourth-order valence-corrected chi connectivity index (χ4v) is 2.93. The van der Waals surface area contributed by atoms with E-state index in [0.29, 0.717) is 37.6 Å². The number of nitrogens with zero attached hydrogens (tertiary/aromatic N) is 2. The van der Waals surface area contributed by atoms with Crippen molar-refractivity contribution < 1.29 is 9.53 Å². The summed E-state index contributed by atoms with van der Waals surface area (Å²) in [6.07, 6.45) is 2.77. The van der Waals surface area contributed by atoms with Crippen LogP contribution in [-0.2, 0) is 9.53 Å². The van der Waals surface area contributed by atoms with Gasteiger partial charge in [-0.05, 0) is 43.2 Å². The maximum absolute atomic E-state index is 12.5. The van der Waals surface area contributed by atoms with Crippen molar-refractivity contribution in [3.8, 4) is 11.5 Å². The molecule has 26 heavy (non-hydrogen) atoms. The molecule has 7 nitrogen and oxygen atoms in total. The third-order valence-electron chi connectivity index (χ3n) is 4.48. The molecule has 2 aromatic heterocycles. The summed E-state index contributed by atoms with van der Waals surface area (Å²) in [7, 11) is 0. The van der Waals surface area contributed by atoms with Gasteiger partial charge in [-0.1, -0.05) is 6.07 Å². The van der Waals surface area contributed by atoms with Gasteiger partial charge < -0.3 is 20.8 Å². The number of halogens is 1. The molecule has 1 saturated heterocycles. The number of fused-ring (bicyclic) bond motifs is 1. The number of anilines is 1. The number of amides is 1. The van der Waals surface area contributed by atoms with Crippen molar-refractivity contribution in [3.05, 3.63) is 42.6 Å². The highest BCUT2D eigenvalue weighted by atomic mass is 35.5. The van der Waals surface area contributed by atoms with Gasteiger partial charge in [0.15, 0.2) is 5.82 Å². The molecule has 0 spiro atoms. The topological polar surface area (TPSA) is 106 Å². The van der Waals surface area contributed by atoms with Crippen LogP contribution < -0.4 is 11.1 Å². The number of benzene rings is 1. The van der Waals surface area contributed by atoms with Crippen LogP contribution in [0.15, 0.2) is 42.6 Å². The molecule has 1 aliphatic rings. The number of aromatic amines is 1. The first-order valence-corrected chi connectivity index (χ1v) is 8.23. The smallest absolute Gasteiger partial charge is 0.244 e. The summed E-state index contributed by atoms with van der Waals surface area (Å²) < 4.78 is 5.29. The Morgan fingerprint density at radius 2 is 2.04 bits per heavy atom. The molecule has 1 aromatic carbocycles. The van der Waals surface area contributed by atoms with E-state index >= 15 is 0 Å². The number of carbonyl (C=O) groups is 1. The first kappa shape index (κ1) is 18.3. The molecule has 1 fully saturated rings. The fraction of sp³-hybridized carbons (Fsp3) is 0.278. The van der Waals surface area contributed by atoms with Gasteiger partial charge in [0.1, 0.15) is 11.2 Å². The predicted octanol–water partition coefficient (Wildman–Crippen LogP) is 2.49. The first-order chi connectivity index (χ1) is 12.1. The van der Waals surface area contributed by atoms with E-state index in [1.54, 1.807) is 6.20 Å². The number of hydrogen-bond acceptors (Lipinski definition) is 5. The van der Waals surface area contributed by atoms with Gasteiger partial charge in [-0.3, -0.25) is 9.78 Å². The van der Waals surface area contributed by atoms with Gasteiger partial charge in [0.25, 0.3) is 0 Å². The third kappa shape index (κ3) is 3.55. The number of carbonyl (C=O) groups excluding carboxylic acids is 1. The van der Waals surface area contributed by atoms with E-state index in [9.17, 15) is 4.79 Å². The van der Waals surface area contributed by atoms with Gasteiger partial charge in [0.2, 0.25) is 5.91 Å². The van der Waals surface area contributed by atoms with Crippen molar-refractivity contribution in [2.45, 2.75) is 18.4 Å². The van der Waals surface area contributed by atoms with Gasteiger partial charge >= 0.3 is 0 Å². The number of imidazole rings is 1. The first-order valence-electron chi connectivity index (χ1n) is 8.23. The number of rotatable bonds is 3. The number of hydrogen-bond donors (Lipinski definition) is 3. The molecule has 0 aliphatic carbocycles. The van der Waals surface area contributed by atoms with E-state index in [1.165, 1.54) is 0 Å². The molecule has 136 valence electrons. The van der Waals surface area contributed by atoms with E-state index in [2.05, 4.69) is 20.3 Å². The average Bonchev–Trinajstić information content (AvgIpc) is 3.06. The summed E-state index contributed by atoms with van der Waals surface area (Å²) >= 11 is 0. The molecule has 0 atom stereocenters. The summed E-state index contributed by atoms with van der Waals surface area (Å²) in [6.45, 7) is 1.02. The molecule has 1 amide bonds. The van der Waals surface area contributed by atoms with Gasteiger partial charge in [0.05, 0.1) is 11.0 Å².